The van der Waals surface area contributed by atoms with Crippen LogP contribution in [0.2, 0.25) is 0 Å². The zero-order valence-electron chi connectivity index (χ0n) is 21.0. The Morgan fingerprint density at radius 3 is 2.47 bits per heavy atom. The van der Waals surface area contributed by atoms with E-state index in [4.69, 9.17) is 13.9 Å². The number of fused-ring (bicyclic) bond motifs is 3. The van der Waals surface area contributed by atoms with E-state index in [9.17, 15) is 18.0 Å². The Morgan fingerprint density at radius 1 is 1.14 bits per heavy atom. The van der Waals surface area contributed by atoms with E-state index in [1.54, 1.807) is 51.3 Å². The number of hydrogen-bond acceptors (Lipinski definition) is 7. The highest BCUT2D eigenvalue weighted by Gasteiger charge is 2.66. The van der Waals surface area contributed by atoms with Gasteiger partial charge in [-0.2, -0.15) is 4.31 Å². The molecule has 0 bridgehead atoms. The number of carbonyl (C=O) groups is 2. The van der Waals surface area contributed by atoms with Gasteiger partial charge in [0.1, 0.15) is 23.4 Å². The second kappa shape index (κ2) is 8.21. The average molecular weight is 515 g/mol. The molecule has 10 heteroatoms. The first kappa shape index (κ1) is 24.6. The van der Waals surface area contributed by atoms with Crippen LogP contribution < -0.4 is 0 Å². The predicted octanol–water partition coefficient (Wildman–Crippen LogP) is 3.90. The standard InChI is InChI=1S/C26H30N2O7S/c1-16-6-8-17(9-7-16)36(31,32)27-12-10-19-18-11-13-34-21(18)22-26(19,15-27)14-20(23(29)33-5)28(22)24(30)35-25(2,3)4/h6-11,13,20,22H,12,14-15H2,1-5H3/t20-,22+,26+/m0/s1. The number of hydrogen-bond donors (Lipinski definition) is 0. The van der Waals surface area contributed by atoms with Gasteiger partial charge < -0.3 is 13.9 Å². The zero-order valence-corrected chi connectivity index (χ0v) is 21.8. The largest absolute Gasteiger partial charge is 0.467 e. The number of benzene rings is 1. The Labute approximate surface area is 210 Å². The van der Waals surface area contributed by atoms with Gasteiger partial charge in [0.25, 0.3) is 0 Å². The predicted molar refractivity (Wildman–Crippen MR) is 130 cm³/mol. The number of carbonyl (C=O) groups excluding carboxylic acids is 2. The molecule has 9 nitrogen and oxygen atoms in total. The smallest absolute Gasteiger partial charge is 0.411 e. The molecule has 1 aliphatic carbocycles. The number of aryl methyl sites for hydroxylation is 1. The molecule has 36 heavy (non-hydrogen) atoms. The van der Waals surface area contributed by atoms with Crippen LogP contribution in [0.25, 0.3) is 5.57 Å². The van der Waals surface area contributed by atoms with E-state index in [1.807, 2.05) is 19.1 Å². The Morgan fingerprint density at radius 2 is 1.83 bits per heavy atom. The summed E-state index contributed by atoms with van der Waals surface area (Å²) in [6.45, 7) is 7.39. The Balaban J connectivity index is 1.61. The normalized spacial score (nSPS) is 25.6. The molecule has 1 amide bonds. The number of sulfonamides is 1. The van der Waals surface area contributed by atoms with Crippen molar-refractivity contribution >= 4 is 27.7 Å². The number of nitrogens with zero attached hydrogens (tertiary/aromatic N) is 2. The summed E-state index contributed by atoms with van der Waals surface area (Å²) >= 11 is 0. The minimum absolute atomic E-state index is 0.0801. The first-order valence-electron chi connectivity index (χ1n) is 11.8. The van der Waals surface area contributed by atoms with Gasteiger partial charge in [-0.15, -0.1) is 0 Å². The number of furan rings is 1. The molecule has 2 aromatic rings. The summed E-state index contributed by atoms with van der Waals surface area (Å²) in [5.74, 6) is -0.0660. The van der Waals surface area contributed by atoms with Gasteiger partial charge in [-0.1, -0.05) is 23.8 Å². The van der Waals surface area contributed by atoms with Crippen LogP contribution in [0.4, 0.5) is 4.79 Å². The molecule has 1 aromatic heterocycles. The quantitative estimate of drug-likeness (QED) is 0.572. The van der Waals surface area contributed by atoms with Crippen LogP contribution in [0.15, 0.2) is 52.0 Å². The van der Waals surface area contributed by atoms with Crippen molar-refractivity contribution in [2.45, 2.75) is 56.7 Å². The molecule has 0 saturated carbocycles. The average Bonchev–Trinajstić information content (AvgIpc) is 3.45. The summed E-state index contributed by atoms with van der Waals surface area (Å²) in [6, 6.07) is 6.86. The highest BCUT2D eigenvalue weighted by Crippen LogP contribution is 2.65. The van der Waals surface area contributed by atoms with Gasteiger partial charge in [-0.05, 0) is 57.9 Å². The molecule has 3 aliphatic rings. The van der Waals surface area contributed by atoms with E-state index in [-0.39, 0.29) is 24.4 Å². The van der Waals surface area contributed by atoms with Gasteiger partial charge in [-0.3, -0.25) is 4.90 Å². The van der Waals surface area contributed by atoms with Crippen molar-refractivity contribution in [3.8, 4) is 0 Å². The lowest BCUT2D eigenvalue weighted by Gasteiger charge is -2.40. The minimum atomic E-state index is -3.83. The summed E-state index contributed by atoms with van der Waals surface area (Å²) in [7, 11) is -2.56. The van der Waals surface area contributed by atoms with Gasteiger partial charge >= 0.3 is 12.1 Å². The van der Waals surface area contributed by atoms with Gasteiger partial charge in [0.2, 0.25) is 10.0 Å². The molecular formula is C26H30N2O7S. The first-order valence-corrected chi connectivity index (χ1v) is 13.3. The molecule has 1 spiro atoms. The van der Waals surface area contributed by atoms with Crippen LogP contribution >= 0.6 is 0 Å². The molecule has 192 valence electrons. The van der Waals surface area contributed by atoms with Crippen molar-refractivity contribution in [3.63, 3.8) is 0 Å². The maximum atomic E-state index is 13.6. The van der Waals surface area contributed by atoms with Crippen molar-refractivity contribution < 1.29 is 31.9 Å². The molecule has 1 fully saturated rings. The number of esters is 1. The topological polar surface area (TPSA) is 106 Å². The van der Waals surface area contributed by atoms with Gasteiger partial charge in [-0.25, -0.2) is 18.0 Å². The van der Waals surface area contributed by atoms with E-state index in [2.05, 4.69) is 0 Å². The molecule has 0 N–H and O–H groups in total. The molecule has 3 heterocycles. The molecule has 1 aromatic carbocycles. The third-order valence-electron chi connectivity index (χ3n) is 7.16. The van der Waals surface area contributed by atoms with Crippen LogP contribution in [0, 0.1) is 12.3 Å². The van der Waals surface area contributed by atoms with E-state index in [0.717, 1.165) is 16.7 Å². The van der Waals surface area contributed by atoms with Gasteiger partial charge in [0.15, 0.2) is 0 Å². The fourth-order valence-electron chi connectivity index (χ4n) is 5.70. The molecule has 0 unspecified atom stereocenters. The van der Waals surface area contributed by atoms with Crippen molar-refractivity contribution in [3.05, 3.63) is 59.6 Å². The second-order valence-corrected chi connectivity index (χ2v) is 12.6. The summed E-state index contributed by atoms with van der Waals surface area (Å²) in [4.78, 5) is 28.0. The fourth-order valence-corrected chi connectivity index (χ4v) is 7.15. The van der Waals surface area contributed by atoms with Gasteiger partial charge in [0.05, 0.1) is 18.3 Å². The third-order valence-corrected chi connectivity index (χ3v) is 8.98. The summed E-state index contributed by atoms with van der Waals surface area (Å²) in [5, 5.41) is 0. The Kier molecular flexibility index (Phi) is 5.60. The Hall–Kier alpha value is -3.11. The number of likely N-dealkylation sites (tertiary alicyclic amines) is 1. The minimum Gasteiger partial charge on any atom is -0.467 e. The van der Waals surface area contributed by atoms with Crippen LogP contribution in [-0.4, -0.2) is 61.5 Å². The van der Waals surface area contributed by atoms with Crippen LogP contribution in [-0.2, 0) is 24.3 Å². The molecular weight excluding hydrogens is 484 g/mol. The van der Waals surface area contributed by atoms with Crippen LogP contribution in [0.3, 0.4) is 0 Å². The first-order chi connectivity index (χ1) is 16.9. The Bertz CT molecular complexity index is 1350. The summed E-state index contributed by atoms with van der Waals surface area (Å²) < 4.78 is 45.3. The number of amides is 1. The number of methoxy groups -OCH3 is 1. The van der Waals surface area contributed by atoms with E-state index < -0.39 is 45.2 Å². The van der Waals surface area contributed by atoms with Crippen molar-refractivity contribution in [1.82, 2.24) is 9.21 Å². The fraction of sp³-hybridized carbons (Fsp3) is 0.462. The maximum Gasteiger partial charge on any atom is 0.411 e. The van der Waals surface area contributed by atoms with Crippen molar-refractivity contribution in [2.24, 2.45) is 5.41 Å². The highest BCUT2D eigenvalue weighted by atomic mass is 32.2. The third kappa shape index (κ3) is 3.66. The second-order valence-electron chi connectivity index (χ2n) is 10.6. The zero-order chi connectivity index (χ0) is 26.0. The lowest BCUT2D eigenvalue weighted by atomic mass is 9.74. The highest BCUT2D eigenvalue weighted by molar-refractivity contribution is 7.89. The molecule has 1 saturated heterocycles. The number of rotatable bonds is 3. The van der Waals surface area contributed by atoms with Gasteiger partial charge in [0, 0.05) is 24.1 Å². The van der Waals surface area contributed by atoms with E-state index in [0.29, 0.717) is 5.76 Å². The lowest BCUT2D eigenvalue weighted by molar-refractivity contribution is -0.146. The molecule has 0 radical (unpaired) electrons. The maximum absolute atomic E-state index is 13.6. The SMILES string of the molecule is COC(=O)[C@@H]1C[C@@]23CN(S(=O)(=O)c4ccc(C)cc4)CC=C2c2ccoc2[C@H]3N1C(=O)OC(C)(C)C. The lowest BCUT2D eigenvalue weighted by Crippen LogP contribution is -2.47. The number of ether oxygens (including phenoxy) is 2. The van der Waals surface area contributed by atoms with E-state index in [1.165, 1.54) is 16.3 Å². The molecule has 3 atom stereocenters. The molecule has 2 aliphatic heterocycles. The van der Waals surface area contributed by atoms with Crippen LogP contribution in [0.1, 0.15) is 50.1 Å². The monoisotopic (exact) mass is 514 g/mol. The molecule has 5 rings (SSSR count). The summed E-state index contributed by atoms with van der Waals surface area (Å²) in [5.41, 5.74) is 0.972. The van der Waals surface area contributed by atoms with E-state index >= 15 is 0 Å². The van der Waals surface area contributed by atoms with Crippen molar-refractivity contribution in [1.29, 1.82) is 0 Å². The van der Waals surface area contributed by atoms with Crippen LogP contribution in [0.5, 0.6) is 0 Å². The summed E-state index contributed by atoms with van der Waals surface area (Å²) in [6.07, 6.45) is 2.92. The van der Waals surface area contributed by atoms with Crippen molar-refractivity contribution in [2.75, 3.05) is 20.2 Å².